The highest BCUT2D eigenvalue weighted by Gasteiger charge is 2.20. The number of carboxylic acids is 1. The van der Waals surface area contributed by atoms with Crippen molar-refractivity contribution < 1.29 is 19.1 Å². The maximum Gasteiger partial charge on any atom is 0.360 e. The van der Waals surface area contributed by atoms with Crippen LogP contribution in [0.1, 0.15) is 38.2 Å². The van der Waals surface area contributed by atoms with Gasteiger partial charge in [0.2, 0.25) is 5.91 Å². The Labute approximate surface area is 145 Å². The van der Waals surface area contributed by atoms with Crippen molar-refractivity contribution >= 4 is 34.2 Å². The summed E-state index contributed by atoms with van der Waals surface area (Å²) < 4.78 is 5.34. The molecule has 1 heterocycles. The Bertz CT molecular complexity index is 856. The quantitative estimate of drug-likeness (QED) is 0.452. The molecule has 0 radical (unpaired) electrons. The number of nitrogens with two attached hydrogens (primary N) is 1. The molecule has 0 aliphatic rings. The first-order chi connectivity index (χ1) is 11.8. The maximum atomic E-state index is 12.4. The normalized spacial score (nSPS) is 10.8. The minimum absolute atomic E-state index is 0.0959. The van der Waals surface area contributed by atoms with E-state index in [1.807, 2.05) is 0 Å². The van der Waals surface area contributed by atoms with Gasteiger partial charge in [-0.1, -0.05) is 6.42 Å². The number of carboxylic acid groups (broad SMARTS) is 1. The van der Waals surface area contributed by atoms with Crippen molar-refractivity contribution in [2.75, 3.05) is 17.2 Å². The highest BCUT2D eigenvalue weighted by atomic mass is 16.4. The number of fused-ring (bicyclic) bond motifs is 1. The Morgan fingerprint density at radius 3 is 2.60 bits per heavy atom. The maximum absolute atomic E-state index is 12.4. The smallest absolute Gasteiger partial charge is 0.360 e. The van der Waals surface area contributed by atoms with Crippen LogP contribution in [0.5, 0.6) is 0 Å². The lowest BCUT2D eigenvalue weighted by molar-refractivity contribution is -0.137. The number of benzene rings is 1. The summed E-state index contributed by atoms with van der Waals surface area (Å²) in [5, 5.41) is 9.38. The molecule has 25 heavy (non-hydrogen) atoms. The minimum Gasteiger partial charge on any atom is -0.481 e. The first-order valence-corrected chi connectivity index (χ1v) is 8.14. The molecule has 0 saturated heterocycles. The number of nitrogen functional groups attached to an aromatic ring is 1. The lowest BCUT2D eigenvalue weighted by Crippen LogP contribution is -2.34. The van der Waals surface area contributed by atoms with E-state index in [2.05, 4.69) is 0 Å². The fourth-order valence-corrected chi connectivity index (χ4v) is 2.82. The van der Waals surface area contributed by atoms with Gasteiger partial charge in [-0.25, -0.2) is 4.79 Å². The fourth-order valence-electron chi connectivity index (χ4n) is 2.82. The first kappa shape index (κ1) is 18.5. The Balaban J connectivity index is 2.29. The van der Waals surface area contributed by atoms with E-state index in [0.717, 1.165) is 5.39 Å². The predicted molar refractivity (Wildman–Crippen MR) is 95.8 cm³/mol. The molecule has 1 amide bonds. The molecule has 0 spiro atoms. The van der Waals surface area contributed by atoms with E-state index in [1.165, 1.54) is 11.8 Å². The van der Waals surface area contributed by atoms with Gasteiger partial charge in [-0.15, -0.1) is 0 Å². The zero-order valence-corrected chi connectivity index (χ0v) is 14.4. The Morgan fingerprint density at radius 2 is 1.96 bits per heavy atom. The summed E-state index contributed by atoms with van der Waals surface area (Å²) in [6.45, 7) is 3.50. The molecular formula is C18H22N2O5. The SMILES string of the molecule is CC(=O)N(CCCCCC(=O)O)c1c(C)c2ccc(N)cc2oc1=O. The highest BCUT2D eigenvalue weighted by Crippen LogP contribution is 2.26. The van der Waals surface area contributed by atoms with Crippen molar-refractivity contribution in [1.29, 1.82) is 0 Å². The number of anilines is 2. The van der Waals surface area contributed by atoms with E-state index in [1.54, 1.807) is 25.1 Å². The van der Waals surface area contributed by atoms with Crippen LogP contribution in [0, 0.1) is 6.92 Å². The molecule has 3 N–H and O–H groups in total. The van der Waals surface area contributed by atoms with Crippen LogP contribution in [0.3, 0.4) is 0 Å². The zero-order valence-electron chi connectivity index (χ0n) is 14.4. The number of carbonyl (C=O) groups is 2. The number of rotatable bonds is 7. The first-order valence-electron chi connectivity index (χ1n) is 8.14. The molecule has 0 aliphatic carbocycles. The van der Waals surface area contributed by atoms with Gasteiger partial charge in [-0.05, 0) is 37.5 Å². The number of aliphatic carboxylic acids is 1. The van der Waals surface area contributed by atoms with Crippen LogP contribution in [0.25, 0.3) is 11.0 Å². The molecule has 7 nitrogen and oxygen atoms in total. The van der Waals surface area contributed by atoms with Crippen LogP contribution in [0.4, 0.5) is 11.4 Å². The van der Waals surface area contributed by atoms with Gasteiger partial charge < -0.3 is 20.2 Å². The summed E-state index contributed by atoms with van der Waals surface area (Å²) in [5.41, 5.74) is 6.89. The van der Waals surface area contributed by atoms with Crippen molar-refractivity contribution in [2.45, 2.75) is 39.5 Å². The molecule has 7 heteroatoms. The number of hydrogen-bond donors (Lipinski definition) is 2. The summed E-state index contributed by atoms with van der Waals surface area (Å²) in [6, 6.07) is 5.05. The van der Waals surface area contributed by atoms with E-state index >= 15 is 0 Å². The van der Waals surface area contributed by atoms with Gasteiger partial charge in [0, 0.05) is 37.0 Å². The van der Waals surface area contributed by atoms with Crippen molar-refractivity contribution in [1.82, 2.24) is 0 Å². The van der Waals surface area contributed by atoms with Gasteiger partial charge in [-0.2, -0.15) is 0 Å². The zero-order chi connectivity index (χ0) is 18.6. The molecule has 0 saturated carbocycles. The molecule has 0 aliphatic heterocycles. The number of unbranched alkanes of at least 4 members (excludes halogenated alkanes) is 2. The minimum atomic E-state index is -0.839. The van der Waals surface area contributed by atoms with Crippen LogP contribution in [0.2, 0.25) is 0 Å². The average Bonchev–Trinajstić information content (AvgIpc) is 2.51. The van der Waals surface area contributed by atoms with E-state index in [4.69, 9.17) is 15.3 Å². The number of aryl methyl sites for hydroxylation is 1. The third-order valence-corrected chi connectivity index (χ3v) is 4.08. The topological polar surface area (TPSA) is 114 Å². The number of nitrogens with zero attached hydrogens (tertiary/aromatic N) is 1. The van der Waals surface area contributed by atoms with E-state index in [-0.39, 0.29) is 18.0 Å². The van der Waals surface area contributed by atoms with Gasteiger partial charge in [0.25, 0.3) is 0 Å². The summed E-state index contributed by atoms with van der Waals surface area (Å²) in [7, 11) is 0. The Kier molecular flexibility index (Phi) is 5.80. The van der Waals surface area contributed by atoms with Gasteiger partial charge in [0.15, 0.2) is 0 Å². The van der Waals surface area contributed by atoms with E-state index in [0.29, 0.717) is 42.6 Å². The fraction of sp³-hybridized carbons (Fsp3) is 0.389. The largest absolute Gasteiger partial charge is 0.481 e. The summed E-state index contributed by atoms with van der Waals surface area (Å²) in [6.07, 6.45) is 1.89. The standard InChI is InChI=1S/C18H22N2O5/c1-11-14-8-7-13(19)10-15(14)25-18(24)17(11)20(12(2)21)9-5-3-4-6-16(22)23/h7-8,10H,3-6,9,19H2,1-2H3,(H,22,23). The second kappa shape index (κ2) is 7.83. The summed E-state index contributed by atoms with van der Waals surface area (Å²) in [4.78, 5) is 36.4. The van der Waals surface area contributed by atoms with Crippen LogP contribution >= 0.6 is 0 Å². The average molecular weight is 346 g/mol. The molecule has 1 aromatic carbocycles. The van der Waals surface area contributed by atoms with Gasteiger partial charge in [0.05, 0.1) is 0 Å². The third kappa shape index (κ3) is 4.37. The highest BCUT2D eigenvalue weighted by molar-refractivity contribution is 5.96. The van der Waals surface area contributed by atoms with Crippen LogP contribution in [-0.2, 0) is 9.59 Å². The molecule has 2 aromatic rings. The number of amides is 1. The molecule has 0 atom stereocenters. The van der Waals surface area contributed by atoms with Gasteiger partial charge >= 0.3 is 11.6 Å². The number of hydrogen-bond acceptors (Lipinski definition) is 5. The second-order valence-corrected chi connectivity index (χ2v) is 5.99. The van der Waals surface area contributed by atoms with Crippen molar-refractivity contribution in [3.63, 3.8) is 0 Å². The molecule has 0 unspecified atom stereocenters. The van der Waals surface area contributed by atoms with Crippen molar-refractivity contribution in [3.05, 3.63) is 34.2 Å². The molecule has 0 bridgehead atoms. The van der Waals surface area contributed by atoms with Crippen LogP contribution in [0.15, 0.2) is 27.4 Å². The van der Waals surface area contributed by atoms with Crippen LogP contribution in [-0.4, -0.2) is 23.5 Å². The molecular weight excluding hydrogens is 324 g/mol. The van der Waals surface area contributed by atoms with Gasteiger partial charge in [0.1, 0.15) is 11.3 Å². The summed E-state index contributed by atoms with van der Waals surface area (Å²) in [5.74, 6) is -1.10. The van der Waals surface area contributed by atoms with Crippen molar-refractivity contribution in [2.24, 2.45) is 0 Å². The molecule has 2 rings (SSSR count). The monoisotopic (exact) mass is 346 g/mol. The van der Waals surface area contributed by atoms with E-state index < -0.39 is 11.6 Å². The summed E-state index contributed by atoms with van der Waals surface area (Å²) >= 11 is 0. The Hall–Kier alpha value is -2.83. The second-order valence-electron chi connectivity index (χ2n) is 5.99. The van der Waals surface area contributed by atoms with Gasteiger partial charge in [-0.3, -0.25) is 9.59 Å². The molecule has 134 valence electrons. The number of carbonyl (C=O) groups excluding carboxylic acids is 1. The third-order valence-electron chi connectivity index (χ3n) is 4.08. The Morgan fingerprint density at radius 1 is 1.24 bits per heavy atom. The van der Waals surface area contributed by atoms with E-state index in [9.17, 15) is 14.4 Å². The predicted octanol–water partition coefficient (Wildman–Crippen LogP) is 2.68. The lowest BCUT2D eigenvalue weighted by Gasteiger charge is -2.22. The lowest BCUT2D eigenvalue weighted by atomic mass is 10.1. The molecule has 0 fully saturated rings. The van der Waals surface area contributed by atoms with Crippen LogP contribution < -0.4 is 16.3 Å². The molecule has 1 aromatic heterocycles. The van der Waals surface area contributed by atoms with Crippen molar-refractivity contribution in [3.8, 4) is 0 Å².